The van der Waals surface area contributed by atoms with Gasteiger partial charge in [-0.05, 0) is 30.7 Å². The number of hydrogen-bond acceptors (Lipinski definition) is 3. The van der Waals surface area contributed by atoms with Crippen molar-refractivity contribution in [1.29, 1.82) is 0 Å². The number of rotatable bonds is 5. The third kappa shape index (κ3) is 3.43. The van der Waals surface area contributed by atoms with Crippen LogP contribution in [0.2, 0.25) is 0 Å². The molecule has 0 radical (unpaired) electrons. The van der Waals surface area contributed by atoms with Gasteiger partial charge >= 0.3 is 6.85 Å². The molecule has 2 heterocycles. The first-order chi connectivity index (χ1) is 11.8. The van der Waals surface area contributed by atoms with Crippen LogP contribution in [0.5, 0.6) is 0 Å². The number of allylic oxidation sites excluding steroid dienone is 2. The predicted octanol–water partition coefficient (Wildman–Crippen LogP) is 1.88. The number of nitrogens with zero attached hydrogens (tertiary/aromatic N) is 1. The van der Waals surface area contributed by atoms with Crippen molar-refractivity contribution in [2.45, 2.75) is 25.2 Å². The lowest BCUT2D eigenvalue weighted by Crippen LogP contribution is -2.41. The number of aromatic nitrogens is 2. The van der Waals surface area contributed by atoms with E-state index >= 15 is 0 Å². The molecule has 4 rings (SSSR count). The van der Waals surface area contributed by atoms with Gasteiger partial charge in [-0.25, -0.2) is 0 Å². The van der Waals surface area contributed by atoms with Crippen LogP contribution >= 0.6 is 0 Å². The van der Waals surface area contributed by atoms with E-state index in [2.05, 4.69) is 38.9 Å². The highest BCUT2D eigenvalue weighted by molar-refractivity contribution is 6.76. The molecule has 120 valence electrons. The fourth-order valence-corrected chi connectivity index (χ4v) is 2.87. The summed E-state index contributed by atoms with van der Waals surface area (Å²) in [6.07, 6.45) is 8.71. The van der Waals surface area contributed by atoms with Gasteiger partial charge in [0, 0.05) is 17.7 Å². The number of H-pyrrole nitrogens is 1. The summed E-state index contributed by atoms with van der Waals surface area (Å²) in [6.45, 7) is 0.197. The van der Waals surface area contributed by atoms with Gasteiger partial charge in [0.15, 0.2) is 5.82 Å². The van der Waals surface area contributed by atoms with Gasteiger partial charge < -0.3 is 10.5 Å². The van der Waals surface area contributed by atoms with Gasteiger partial charge in [0.05, 0.1) is 6.42 Å². The van der Waals surface area contributed by atoms with Gasteiger partial charge in [-0.1, -0.05) is 41.8 Å². The molecule has 1 aromatic heterocycles. The van der Waals surface area contributed by atoms with Gasteiger partial charge in [0.25, 0.3) is 0 Å². The van der Waals surface area contributed by atoms with Crippen LogP contribution in [-0.2, 0) is 11.2 Å². The monoisotopic (exact) mass is 318 g/mol. The molecule has 3 N–H and O–H groups in total. The van der Waals surface area contributed by atoms with Crippen LogP contribution in [0, 0.1) is 0 Å². The molecule has 1 amide bonds. The number of carbonyl (C=O) groups is 1. The molecule has 0 atom stereocenters. The Balaban J connectivity index is 1.34. The van der Waals surface area contributed by atoms with Gasteiger partial charge in [0.2, 0.25) is 5.91 Å². The quantitative estimate of drug-likeness (QED) is 0.737. The van der Waals surface area contributed by atoms with Crippen LogP contribution in [0.15, 0.2) is 54.7 Å². The second kappa shape index (κ2) is 6.39. The zero-order valence-electron chi connectivity index (χ0n) is 13.3. The molecule has 0 spiro atoms. The first-order valence-corrected chi connectivity index (χ1v) is 8.31. The van der Waals surface area contributed by atoms with Crippen LogP contribution in [0.3, 0.4) is 0 Å². The molecule has 1 aromatic carbocycles. The minimum atomic E-state index is -0.0461. The Bertz CT molecular complexity index is 790. The van der Waals surface area contributed by atoms with Crippen LogP contribution in [0.1, 0.15) is 30.0 Å². The zero-order chi connectivity index (χ0) is 16.4. The van der Waals surface area contributed by atoms with E-state index in [1.165, 1.54) is 18.3 Å². The summed E-state index contributed by atoms with van der Waals surface area (Å²) in [5.41, 5.74) is 3.29. The average molecular weight is 318 g/mol. The molecule has 6 heteroatoms. The fraction of sp³-hybridized carbons (Fsp3) is 0.222. The van der Waals surface area contributed by atoms with E-state index in [1.54, 1.807) is 0 Å². The topological polar surface area (TPSA) is 69.8 Å². The Morgan fingerprint density at radius 3 is 2.79 bits per heavy atom. The van der Waals surface area contributed by atoms with Crippen LogP contribution in [-0.4, -0.2) is 23.0 Å². The van der Waals surface area contributed by atoms with Crippen molar-refractivity contribution in [3.8, 4) is 0 Å². The molecule has 2 aliphatic rings. The summed E-state index contributed by atoms with van der Waals surface area (Å²) < 4.78 is 0. The molecule has 1 aliphatic heterocycles. The molecule has 0 unspecified atom stereocenters. The number of anilines is 1. The SMILES string of the molecule is O=C(Cc1ccc(B2C=CC=CN2)cc1)Nc1cc(C2CC2)[nH]n1. The number of carbonyl (C=O) groups excluding carboxylic acids is 1. The molecule has 1 aliphatic carbocycles. The highest BCUT2D eigenvalue weighted by Gasteiger charge is 2.25. The molecular formula is C18H19BN4O. The number of benzene rings is 1. The Morgan fingerprint density at radius 1 is 1.25 bits per heavy atom. The second-order valence-corrected chi connectivity index (χ2v) is 6.34. The summed E-state index contributed by atoms with van der Waals surface area (Å²) in [5, 5.41) is 13.3. The number of nitrogens with one attached hydrogen (secondary N) is 3. The van der Waals surface area contributed by atoms with E-state index in [9.17, 15) is 4.79 Å². The molecule has 1 saturated carbocycles. The summed E-state index contributed by atoms with van der Waals surface area (Å²) in [6, 6.07) is 10.1. The average Bonchev–Trinajstić information content (AvgIpc) is 3.36. The lowest BCUT2D eigenvalue weighted by Gasteiger charge is -2.12. The van der Waals surface area contributed by atoms with E-state index in [0.29, 0.717) is 18.2 Å². The minimum Gasteiger partial charge on any atom is -0.427 e. The first kappa shape index (κ1) is 14.8. The van der Waals surface area contributed by atoms with Crippen molar-refractivity contribution in [2.24, 2.45) is 0 Å². The Morgan fingerprint density at radius 2 is 2.08 bits per heavy atom. The van der Waals surface area contributed by atoms with E-state index in [4.69, 9.17) is 0 Å². The highest BCUT2D eigenvalue weighted by Crippen LogP contribution is 2.39. The van der Waals surface area contributed by atoms with Gasteiger partial charge in [-0.3, -0.25) is 9.89 Å². The standard InChI is InChI=1S/C18H19BN4O/c24-18(21-17-12-16(22-23-17)14-5-6-14)11-13-3-7-15(8-4-13)19-9-1-2-10-20-19/h1-4,7-10,12,14,20H,5-6,11H2,(H2,21,22,23,24). The van der Waals surface area contributed by atoms with E-state index in [0.717, 1.165) is 11.3 Å². The Labute approximate surface area is 141 Å². The van der Waals surface area contributed by atoms with E-state index < -0.39 is 0 Å². The lowest BCUT2D eigenvalue weighted by atomic mass is 9.55. The Hall–Kier alpha value is -2.76. The summed E-state index contributed by atoms with van der Waals surface area (Å²) in [7, 11) is 0. The molecule has 24 heavy (non-hydrogen) atoms. The number of aromatic amines is 1. The highest BCUT2D eigenvalue weighted by atomic mass is 16.1. The third-order valence-corrected chi connectivity index (χ3v) is 4.37. The second-order valence-electron chi connectivity index (χ2n) is 6.34. The van der Waals surface area contributed by atoms with Crippen LogP contribution < -0.4 is 16.0 Å². The molecule has 1 fully saturated rings. The van der Waals surface area contributed by atoms with E-state index in [-0.39, 0.29) is 12.8 Å². The van der Waals surface area contributed by atoms with Crippen molar-refractivity contribution in [1.82, 2.24) is 15.4 Å². The maximum Gasteiger partial charge on any atom is 0.312 e. The summed E-state index contributed by atoms with van der Waals surface area (Å²) >= 11 is 0. The van der Waals surface area contributed by atoms with E-state index in [1.807, 2.05) is 36.6 Å². The number of amides is 1. The molecule has 0 bridgehead atoms. The van der Waals surface area contributed by atoms with Crippen LogP contribution in [0.25, 0.3) is 0 Å². The van der Waals surface area contributed by atoms with Crippen molar-refractivity contribution in [3.05, 3.63) is 65.9 Å². The largest absolute Gasteiger partial charge is 0.427 e. The molecule has 0 saturated heterocycles. The maximum atomic E-state index is 12.2. The van der Waals surface area contributed by atoms with Crippen molar-refractivity contribution in [2.75, 3.05) is 5.32 Å². The predicted molar refractivity (Wildman–Crippen MR) is 96.1 cm³/mol. The summed E-state index contributed by atoms with van der Waals surface area (Å²) in [5.74, 6) is 3.28. The normalized spacial score (nSPS) is 16.1. The van der Waals surface area contributed by atoms with Crippen LogP contribution in [0.4, 0.5) is 5.82 Å². The van der Waals surface area contributed by atoms with Crippen molar-refractivity contribution >= 4 is 24.0 Å². The zero-order valence-corrected chi connectivity index (χ0v) is 13.3. The maximum absolute atomic E-state index is 12.2. The fourth-order valence-electron chi connectivity index (χ4n) is 2.87. The number of hydrogen-bond donors (Lipinski definition) is 3. The molecule has 5 nitrogen and oxygen atoms in total. The molecular weight excluding hydrogens is 299 g/mol. The first-order valence-electron chi connectivity index (χ1n) is 8.31. The molecule has 2 aromatic rings. The van der Waals surface area contributed by atoms with Gasteiger partial charge in [-0.2, -0.15) is 5.10 Å². The van der Waals surface area contributed by atoms with Crippen molar-refractivity contribution in [3.63, 3.8) is 0 Å². The van der Waals surface area contributed by atoms with Gasteiger partial charge in [-0.15, -0.1) is 0 Å². The Kier molecular flexibility index (Phi) is 3.95. The summed E-state index contributed by atoms with van der Waals surface area (Å²) in [4.78, 5) is 12.2. The smallest absolute Gasteiger partial charge is 0.312 e. The van der Waals surface area contributed by atoms with Crippen molar-refractivity contribution < 1.29 is 4.79 Å². The third-order valence-electron chi connectivity index (χ3n) is 4.37. The lowest BCUT2D eigenvalue weighted by molar-refractivity contribution is -0.115. The van der Waals surface area contributed by atoms with Gasteiger partial charge in [0.1, 0.15) is 0 Å². The minimum absolute atomic E-state index is 0.0461.